The van der Waals surface area contributed by atoms with Gasteiger partial charge in [0.05, 0.1) is 17.9 Å². The second-order valence-corrected chi connectivity index (χ2v) is 12.5. The van der Waals surface area contributed by atoms with Crippen molar-refractivity contribution in [2.75, 3.05) is 35.2 Å². The molecule has 0 aliphatic carbocycles. The summed E-state index contributed by atoms with van der Waals surface area (Å²) in [5, 5.41) is 8.72. The molecular weight excluding hydrogens is 598 g/mol. The number of carbonyl (C=O) groups is 5. The maximum absolute atomic E-state index is 14.0. The van der Waals surface area contributed by atoms with Crippen molar-refractivity contribution in [1.29, 1.82) is 0 Å². The third-order valence-electron chi connectivity index (χ3n) is 7.36. The second kappa shape index (κ2) is 15.1. The Morgan fingerprint density at radius 2 is 1.62 bits per heavy atom. The fourth-order valence-electron chi connectivity index (χ4n) is 5.09. The Hall–Kier alpha value is -4.38. The highest BCUT2D eigenvalue weighted by atomic mass is 35.5. The van der Waals surface area contributed by atoms with Crippen LogP contribution in [0.15, 0.2) is 60.7 Å². The Kier molecular flexibility index (Phi) is 11.2. The Bertz CT molecular complexity index is 1440. The number of Topliss-reactive ketones (excluding diaryl/α,β-unsaturated/α-hetero) is 1. The number of allylic oxidation sites excluding steroid dienone is 1. The SMILES string of the molecule is CC(C)(C)OC(=O)N1CCN(c2ccc(Cl)cc2)[C@@H](C(=O)N[C@@H]2C/C=C/CCCCC(=O)Nc3ccccc3NC(=O)C2=O)C1. The number of anilines is 3. The van der Waals surface area contributed by atoms with E-state index < -0.39 is 41.4 Å². The monoisotopic (exact) mass is 637 g/mol. The first kappa shape index (κ1) is 33.5. The smallest absolute Gasteiger partial charge is 0.410 e. The van der Waals surface area contributed by atoms with Gasteiger partial charge in [-0.15, -0.1) is 0 Å². The fourth-order valence-corrected chi connectivity index (χ4v) is 5.22. The lowest BCUT2D eigenvalue weighted by Crippen LogP contribution is -2.62. The Morgan fingerprint density at radius 3 is 2.31 bits per heavy atom. The number of carbonyl (C=O) groups excluding carboxylic acids is 5. The topological polar surface area (TPSA) is 137 Å². The van der Waals surface area contributed by atoms with Gasteiger partial charge in [0.1, 0.15) is 17.7 Å². The van der Waals surface area contributed by atoms with Crippen LogP contribution in [0, 0.1) is 0 Å². The average Bonchev–Trinajstić information content (AvgIpc) is 2.99. The van der Waals surface area contributed by atoms with Crippen LogP contribution in [-0.4, -0.2) is 71.8 Å². The summed E-state index contributed by atoms with van der Waals surface area (Å²) in [6, 6.07) is 11.5. The summed E-state index contributed by atoms with van der Waals surface area (Å²) >= 11 is 6.11. The van der Waals surface area contributed by atoms with E-state index in [0.717, 1.165) is 6.42 Å². The van der Waals surface area contributed by atoms with Crippen LogP contribution >= 0.6 is 11.6 Å². The van der Waals surface area contributed by atoms with Gasteiger partial charge in [0.2, 0.25) is 17.6 Å². The third-order valence-corrected chi connectivity index (χ3v) is 7.61. The number of benzene rings is 2. The van der Waals surface area contributed by atoms with E-state index in [4.69, 9.17) is 16.3 Å². The van der Waals surface area contributed by atoms with E-state index in [1.165, 1.54) is 4.90 Å². The number of ether oxygens (including phenoxy) is 1. The zero-order chi connectivity index (χ0) is 32.6. The van der Waals surface area contributed by atoms with Crippen LogP contribution in [0.1, 0.15) is 52.9 Å². The molecule has 0 bridgehead atoms. The number of hydrogen-bond acceptors (Lipinski definition) is 7. The maximum atomic E-state index is 14.0. The molecule has 2 aliphatic rings. The summed E-state index contributed by atoms with van der Waals surface area (Å²) in [5.41, 5.74) is 0.641. The lowest BCUT2D eigenvalue weighted by Gasteiger charge is -2.42. The summed E-state index contributed by atoms with van der Waals surface area (Å²) in [4.78, 5) is 69.4. The molecule has 45 heavy (non-hydrogen) atoms. The van der Waals surface area contributed by atoms with E-state index in [1.54, 1.807) is 75.4 Å². The first-order valence-electron chi connectivity index (χ1n) is 15.1. The van der Waals surface area contributed by atoms with E-state index in [-0.39, 0.29) is 24.6 Å². The molecule has 240 valence electrons. The predicted octanol–water partition coefficient (Wildman–Crippen LogP) is 4.92. The van der Waals surface area contributed by atoms with Crippen molar-refractivity contribution < 1.29 is 28.7 Å². The summed E-state index contributed by atoms with van der Waals surface area (Å²) in [6.45, 7) is 5.94. The molecule has 0 saturated carbocycles. The van der Waals surface area contributed by atoms with Crippen molar-refractivity contribution in [3.8, 4) is 0 Å². The fraction of sp³-hybridized carbons (Fsp3) is 0.424. The van der Waals surface area contributed by atoms with Crippen molar-refractivity contribution in [2.45, 2.75) is 70.6 Å². The van der Waals surface area contributed by atoms with Gasteiger partial charge in [-0.3, -0.25) is 19.2 Å². The number of nitrogens with one attached hydrogen (secondary N) is 3. The maximum Gasteiger partial charge on any atom is 0.410 e. The number of halogens is 1. The van der Waals surface area contributed by atoms with E-state index in [0.29, 0.717) is 48.7 Å². The number of hydrogen-bond donors (Lipinski definition) is 3. The largest absolute Gasteiger partial charge is 0.444 e. The van der Waals surface area contributed by atoms with Gasteiger partial charge in [0, 0.05) is 30.2 Å². The van der Waals surface area contributed by atoms with Crippen LogP contribution in [0.2, 0.25) is 5.02 Å². The molecule has 4 amide bonds. The number of nitrogens with zero attached hydrogens (tertiary/aromatic N) is 2. The normalized spacial score (nSPS) is 20.9. The minimum atomic E-state index is -1.18. The van der Waals surface area contributed by atoms with E-state index in [1.807, 2.05) is 11.0 Å². The van der Waals surface area contributed by atoms with Crippen molar-refractivity contribution in [2.24, 2.45) is 0 Å². The lowest BCUT2D eigenvalue weighted by molar-refractivity contribution is -0.137. The molecule has 2 aromatic rings. The molecule has 1 saturated heterocycles. The summed E-state index contributed by atoms with van der Waals surface area (Å²) in [7, 11) is 0. The van der Waals surface area contributed by atoms with Crippen LogP contribution in [0.3, 0.4) is 0 Å². The highest BCUT2D eigenvalue weighted by Gasteiger charge is 2.38. The average molecular weight is 638 g/mol. The lowest BCUT2D eigenvalue weighted by atomic mass is 10.0. The molecule has 11 nitrogen and oxygen atoms in total. The predicted molar refractivity (Wildman–Crippen MR) is 173 cm³/mol. The Labute approximate surface area is 268 Å². The minimum Gasteiger partial charge on any atom is -0.444 e. The summed E-state index contributed by atoms with van der Waals surface area (Å²) < 4.78 is 5.56. The van der Waals surface area contributed by atoms with E-state index in [2.05, 4.69) is 16.0 Å². The second-order valence-electron chi connectivity index (χ2n) is 12.0. The van der Waals surface area contributed by atoms with Gasteiger partial charge in [-0.1, -0.05) is 35.9 Å². The van der Waals surface area contributed by atoms with Crippen LogP contribution in [0.25, 0.3) is 0 Å². The Morgan fingerprint density at radius 1 is 0.933 bits per heavy atom. The zero-order valence-corrected chi connectivity index (χ0v) is 26.6. The minimum absolute atomic E-state index is 0.000603. The first-order valence-corrected chi connectivity index (χ1v) is 15.5. The highest BCUT2D eigenvalue weighted by molar-refractivity contribution is 6.43. The van der Waals surface area contributed by atoms with Gasteiger partial charge in [-0.05, 0) is 82.9 Å². The molecule has 2 aromatic carbocycles. The number of ketones is 1. The molecule has 3 N–H and O–H groups in total. The number of piperazine rings is 1. The van der Waals surface area contributed by atoms with Gasteiger partial charge in [-0.25, -0.2) is 4.79 Å². The number of amides is 4. The molecule has 1 fully saturated rings. The molecule has 0 aromatic heterocycles. The molecular formula is C33H40ClN5O6. The van der Waals surface area contributed by atoms with Gasteiger partial charge >= 0.3 is 6.09 Å². The van der Waals surface area contributed by atoms with Crippen molar-refractivity contribution in [3.05, 3.63) is 65.7 Å². The molecule has 12 heteroatoms. The van der Waals surface area contributed by atoms with Crippen molar-refractivity contribution >= 4 is 58.3 Å². The molecule has 0 unspecified atom stereocenters. The van der Waals surface area contributed by atoms with Crippen LogP contribution in [0.4, 0.5) is 21.9 Å². The zero-order valence-electron chi connectivity index (χ0n) is 25.8. The van der Waals surface area contributed by atoms with Crippen LogP contribution in [0.5, 0.6) is 0 Å². The molecule has 0 spiro atoms. The van der Waals surface area contributed by atoms with E-state index >= 15 is 0 Å². The first-order chi connectivity index (χ1) is 21.4. The van der Waals surface area contributed by atoms with Gasteiger partial charge < -0.3 is 30.5 Å². The summed E-state index contributed by atoms with van der Waals surface area (Å²) in [5.74, 6) is -2.49. The molecule has 2 atom stereocenters. The third kappa shape index (κ3) is 9.55. The van der Waals surface area contributed by atoms with Gasteiger partial charge in [-0.2, -0.15) is 0 Å². The number of rotatable bonds is 3. The number of fused-ring (bicyclic) bond motifs is 1. The quantitative estimate of drug-likeness (QED) is 0.321. The molecule has 0 radical (unpaired) electrons. The molecule has 2 heterocycles. The standard InChI is InChI=1S/C33H40ClN5O6/c1-33(2,3)45-32(44)38-19-20-39(23-17-15-22(34)16-18-23)27(21-38)30(42)37-26-13-7-5-4-6-8-14-28(40)35-24-11-9-10-12-25(24)36-31(43)29(26)41/h5,7,9-12,15-18,26-27H,4,6,8,13-14,19-21H2,1-3H3,(H,35,40)(H,36,43)(H,37,42)/b7-5+/t26-,27-/m1/s1. The van der Waals surface area contributed by atoms with Gasteiger partial charge in [0.25, 0.3) is 5.91 Å². The highest BCUT2D eigenvalue weighted by Crippen LogP contribution is 2.25. The molecule has 4 rings (SSSR count). The van der Waals surface area contributed by atoms with Gasteiger partial charge in [0.15, 0.2) is 0 Å². The van der Waals surface area contributed by atoms with Crippen LogP contribution in [-0.2, 0) is 23.9 Å². The molecule has 2 aliphatic heterocycles. The summed E-state index contributed by atoms with van der Waals surface area (Å²) in [6.07, 6.45) is 5.58. The van der Waals surface area contributed by atoms with Crippen molar-refractivity contribution in [3.63, 3.8) is 0 Å². The van der Waals surface area contributed by atoms with Crippen molar-refractivity contribution in [1.82, 2.24) is 10.2 Å². The number of para-hydroxylation sites is 2. The van der Waals surface area contributed by atoms with Crippen LogP contribution < -0.4 is 20.9 Å². The van der Waals surface area contributed by atoms with E-state index in [9.17, 15) is 24.0 Å². The Balaban J connectivity index is 1.59.